The minimum absolute atomic E-state index is 0.0641. The summed E-state index contributed by atoms with van der Waals surface area (Å²) >= 11 is 0. The van der Waals surface area contributed by atoms with Crippen molar-refractivity contribution in [1.82, 2.24) is 25.4 Å². The van der Waals surface area contributed by atoms with Gasteiger partial charge in [0.25, 0.3) is 5.56 Å². The Hall–Kier alpha value is -4.95. The maximum absolute atomic E-state index is 12.5. The summed E-state index contributed by atoms with van der Waals surface area (Å²) < 4.78 is 17.3. The molecule has 2 fully saturated rings. The third-order valence-corrected chi connectivity index (χ3v) is 9.07. The molecule has 1 aromatic heterocycles. The van der Waals surface area contributed by atoms with Crippen molar-refractivity contribution in [3.05, 3.63) is 112 Å². The minimum Gasteiger partial charge on any atom is -0.497 e. The molecule has 0 radical (unpaired) electrons. The van der Waals surface area contributed by atoms with Gasteiger partial charge in [-0.1, -0.05) is 60.7 Å². The third kappa shape index (κ3) is 11.3. The molecule has 2 saturated heterocycles. The predicted octanol–water partition coefficient (Wildman–Crippen LogP) is 2.72. The highest BCUT2D eigenvalue weighted by Crippen LogP contribution is 2.21. The van der Waals surface area contributed by atoms with Gasteiger partial charge in [0, 0.05) is 76.3 Å². The van der Waals surface area contributed by atoms with Gasteiger partial charge in [-0.05, 0) is 34.7 Å². The van der Waals surface area contributed by atoms with Crippen LogP contribution in [0.1, 0.15) is 11.1 Å². The molecule has 3 heterocycles. The normalized spacial score (nSPS) is 19.9. The largest absolute Gasteiger partial charge is 0.497 e. The van der Waals surface area contributed by atoms with Crippen molar-refractivity contribution in [2.75, 3.05) is 52.9 Å². The second-order valence-corrected chi connectivity index (χ2v) is 12.7. The molecule has 2 aliphatic rings. The smallest absolute Gasteiger partial charge is 0.407 e. The number of nitrogens with zero attached hydrogens (tertiary/aromatic N) is 2. The van der Waals surface area contributed by atoms with Gasteiger partial charge in [0.2, 0.25) is 0 Å². The first-order valence-electron chi connectivity index (χ1n) is 17.1. The van der Waals surface area contributed by atoms with Crippen LogP contribution in [0, 0.1) is 11.8 Å². The quantitative estimate of drug-likeness (QED) is 0.149. The number of pyridine rings is 1. The highest BCUT2D eigenvalue weighted by Gasteiger charge is 2.31. The number of aromatic nitrogens is 1. The van der Waals surface area contributed by atoms with Gasteiger partial charge >= 0.3 is 12.2 Å². The number of aliphatic hydroxyl groups excluding tert-OH is 2. The Morgan fingerprint density at radius 2 is 1.37 bits per heavy atom. The van der Waals surface area contributed by atoms with Crippen LogP contribution in [0.15, 0.2) is 95.8 Å². The number of methoxy groups -OCH3 is 1. The molecule has 0 spiro atoms. The average molecular weight is 702 g/mol. The number of amides is 2. The molecule has 4 atom stereocenters. The Morgan fingerprint density at radius 1 is 0.765 bits per heavy atom. The van der Waals surface area contributed by atoms with E-state index in [0.29, 0.717) is 51.6 Å². The Labute approximate surface area is 297 Å². The maximum atomic E-state index is 12.5. The number of rotatable bonds is 12. The number of nitrogens with one attached hydrogen (secondary N) is 3. The molecular formula is C38H47N5O8. The van der Waals surface area contributed by atoms with E-state index in [1.807, 2.05) is 84.9 Å². The Bertz CT molecular complexity index is 1760. The first-order chi connectivity index (χ1) is 24.8. The number of hydrogen-bond acceptors (Lipinski definition) is 10. The standard InChI is InChI=1S/C25H29N3O5.C13H18N2O3/c1-32-21-9-7-19-8-10-24(30)28(22(19)13-21)12-11-27-15-20(23(29)16-27)14-26-25(31)33-17-18-5-3-2-4-6-18;16-12-8-14-6-11(12)7-15-13(17)18-9-10-4-2-1-3-5-10/h2-10,13,20,23,29H,11-12,14-17H2,1H3,(H,26,31);1-5,11-12,14,16H,6-9H2,(H,15,17)/t20-,23+;11-,12-/m10/s1. The summed E-state index contributed by atoms with van der Waals surface area (Å²) in [6, 6.07) is 28.0. The van der Waals surface area contributed by atoms with E-state index in [1.165, 1.54) is 0 Å². The van der Waals surface area contributed by atoms with Crippen LogP contribution in [0.2, 0.25) is 0 Å². The van der Waals surface area contributed by atoms with Crippen LogP contribution in [0.4, 0.5) is 9.59 Å². The summed E-state index contributed by atoms with van der Waals surface area (Å²) in [6.07, 6.45) is -1.89. The molecule has 2 aliphatic heterocycles. The highest BCUT2D eigenvalue weighted by molar-refractivity contribution is 5.80. The van der Waals surface area contributed by atoms with Crippen LogP contribution < -0.4 is 26.2 Å². The Kier molecular flexibility index (Phi) is 13.8. The van der Waals surface area contributed by atoms with E-state index >= 15 is 0 Å². The van der Waals surface area contributed by atoms with Crippen LogP contribution in [-0.2, 0) is 29.2 Å². The Balaban J connectivity index is 0.000000236. The van der Waals surface area contributed by atoms with Gasteiger partial charge in [-0.25, -0.2) is 9.59 Å². The monoisotopic (exact) mass is 701 g/mol. The van der Waals surface area contributed by atoms with Crippen molar-refractivity contribution in [1.29, 1.82) is 0 Å². The summed E-state index contributed by atoms with van der Waals surface area (Å²) in [7, 11) is 1.60. The summed E-state index contributed by atoms with van der Waals surface area (Å²) in [4.78, 5) is 38.1. The SMILES string of the molecule is COc1ccc2ccc(=O)n(CCN3C[C@@H](CNC(=O)OCc4ccccc4)[C@@H](O)C3)c2c1.O=C(NC[C@@H]1CNC[C@@H]1O)OCc1ccccc1. The molecule has 0 saturated carbocycles. The molecule has 51 heavy (non-hydrogen) atoms. The lowest BCUT2D eigenvalue weighted by atomic mass is 10.1. The molecule has 3 aromatic carbocycles. The number of benzene rings is 3. The molecule has 13 nitrogen and oxygen atoms in total. The number of ether oxygens (including phenoxy) is 3. The second kappa shape index (κ2) is 18.9. The fourth-order valence-corrected chi connectivity index (χ4v) is 6.10. The number of carbonyl (C=O) groups excluding carboxylic acids is 2. The van der Waals surface area contributed by atoms with Crippen LogP contribution in [0.5, 0.6) is 5.75 Å². The average Bonchev–Trinajstić information content (AvgIpc) is 3.74. The number of β-amino-alcohol motifs (C(OH)–C–C–N with tert-alkyl or cyclic N) is 2. The van der Waals surface area contributed by atoms with Crippen molar-refractivity contribution < 1.29 is 34.0 Å². The van der Waals surface area contributed by atoms with Gasteiger partial charge in [-0.3, -0.25) is 9.69 Å². The first-order valence-corrected chi connectivity index (χ1v) is 17.1. The topological polar surface area (TPSA) is 164 Å². The molecule has 2 amide bonds. The number of carbonyl (C=O) groups is 2. The van der Waals surface area contributed by atoms with Gasteiger partial charge in [-0.15, -0.1) is 0 Å². The minimum atomic E-state index is -0.552. The molecule has 0 aliphatic carbocycles. The van der Waals surface area contributed by atoms with Gasteiger partial charge in [0.15, 0.2) is 0 Å². The van der Waals surface area contributed by atoms with E-state index in [1.54, 1.807) is 17.7 Å². The van der Waals surface area contributed by atoms with Gasteiger partial charge in [-0.2, -0.15) is 0 Å². The van der Waals surface area contributed by atoms with E-state index < -0.39 is 18.3 Å². The fourth-order valence-electron chi connectivity index (χ4n) is 6.10. The van der Waals surface area contributed by atoms with Crippen LogP contribution in [0.25, 0.3) is 10.9 Å². The van der Waals surface area contributed by atoms with E-state index in [0.717, 1.165) is 28.6 Å². The van der Waals surface area contributed by atoms with E-state index in [2.05, 4.69) is 20.9 Å². The zero-order valence-corrected chi connectivity index (χ0v) is 28.8. The zero-order chi connectivity index (χ0) is 36.0. The van der Waals surface area contributed by atoms with Crippen molar-refractivity contribution in [2.24, 2.45) is 11.8 Å². The van der Waals surface area contributed by atoms with Crippen LogP contribution >= 0.6 is 0 Å². The van der Waals surface area contributed by atoms with E-state index in [-0.39, 0.29) is 36.7 Å². The number of hydrogen-bond donors (Lipinski definition) is 5. The summed E-state index contributed by atoms with van der Waals surface area (Å²) in [5, 5.41) is 29.4. The van der Waals surface area contributed by atoms with E-state index in [4.69, 9.17) is 14.2 Å². The van der Waals surface area contributed by atoms with Gasteiger partial charge in [0.05, 0.1) is 24.8 Å². The molecule has 5 N–H and O–H groups in total. The third-order valence-electron chi connectivity index (χ3n) is 9.07. The molecule has 6 rings (SSSR count). The summed E-state index contributed by atoms with van der Waals surface area (Å²) in [5.74, 6) is 0.664. The summed E-state index contributed by atoms with van der Waals surface area (Å²) in [6.45, 7) is 4.77. The highest BCUT2D eigenvalue weighted by atomic mass is 16.6. The number of aliphatic hydroxyl groups is 2. The fraction of sp³-hybridized carbons (Fsp3) is 0.395. The van der Waals surface area contributed by atoms with Gasteiger partial charge < -0.3 is 44.9 Å². The molecule has 13 heteroatoms. The number of fused-ring (bicyclic) bond motifs is 1. The zero-order valence-electron chi connectivity index (χ0n) is 28.8. The van der Waals surface area contributed by atoms with Crippen molar-refractivity contribution in [3.8, 4) is 5.75 Å². The molecule has 0 bridgehead atoms. The lowest BCUT2D eigenvalue weighted by Gasteiger charge is -2.18. The second-order valence-electron chi connectivity index (χ2n) is 12.7. The van der Waals surface area contributed by atoms with Crippen molar-refractivity contribution in [3.63, 3.8) is 0 Å². The first kappa shape index (κ1) is 37.3. The maximum Gasteiger partial charge on any atom is 0.407 e. The van der Waals surface area contributed by atoms with Crippen molar-refractivity contribution >= 4 is 23.1 Å². The van der Waals surface area contributed by atoms with Gasteiger partial charge in [0.1, 0.15) is 19.0 Å². The molecule has 272 valence electrons. The number of likely N-dealkylation sites (tertiary alicyclic amines) is 1. The van der Waals surface area contributed by atoms with Crippen molar-refractivity contribution in [2.45, 2.75) is 32.0 Å². The lowest BCUT2D eigenvalue weighted by Crippen LogP contribution is -2.34. The number of alkyl carbamates (subject to hydrolysis) is 2. The Morgan fingerprint density at radius 3 is 1.96 bits per heavy atom. The van der Waals surface area contributed by atoms with E-state index in [9.17, 15) is 24.6 Å². The van der Waals surface area contributed by atoms with Crippen LogP contribution in [-0.4, -0.2) is 97.0 Å². The van der Waals surface area contributed by atoms with Crippen LogP contribution in [0.3, 0.4) is 0 Å². The molecule has 4 aromatic rings. The predicted molar refractivity (Wildman–Crippen MR) is 192 cm³/mol. The molecular weight excluding hydrogens is 654 g/mol. The lowest BCUT2D eigenvalue weighted by molar-refractivity contribution is 0.123. The summed E-state index contributed by atoms with van der Waals surface area (Å²) in [5.41, 5.74) is 2.62. The molecule has 0 unspecified atom stereocenters.